The lowest BCUT2D eigenvalue weighted by Gasteiger charge is -2.23. The van der Waals surface area contributed by atoms with Crippen molar-refractivity contribution in [1.29, 1.82) is 0 Å². The number of likely N-dealkylation sites (tertiary alicyclic amines) is 1. The van der Waals surface area contributed by atoms with Gasteiger partial charge < -0.3 is 5.11 Å². The highest BCUT2D eigenvalue weighted by atomic mass is 79.9. The second-order valence-corrected chi connectivity index (χ2v) is 5.79. The van der Waals surface area contributed by atoms with Crippen molar-refractivity contribution in [3.63, 3.8) is 0 Å². The highest BCUT2D eigenvalue weighted by Crippen LogP contribution is 2.20. The quantitative estimate of drug-likeness (QED) is 0.902. The Morgan fingerprint density at radius 2 is 2.11 bits per heavy atom. The number of nitrogens with zero attached hydrogens (tertiary/aromatic N) is 1. The smallest absolute Gasteiger partial charge is 0.320 e. The van der Waals surface area contributed by atoms with E-state index < -0.39 is 12.0 Å². The van der Waals surface area contributed by atoms with Gasteiger partial charge in [-0.05, 0) is 62.5 Å². The minimum Gasteiger partial charge on any atom is -0.480 e. The van der Waals surface area contributed by atoms with Gasteiger partial charge in [0.15, 0.2) is 0 Å². The van der Waals surface area contributed by atoms with Crippen molar-refractivity contribution >= 4 is 21.9 Å². The molecule has 1 unspecified atom stereocenters. The highest BCUT2D eigenvalue weighted by molar-refractivity contribution is 9.10. The van der Waals surface area contributed by atoms with Gasteiger partial charge in [0.05, 0.1) is 0 Å². The van der Waals surface area contributed by atoms with Crippen LogP contribution in [0.4, 0.5) is 4.39 Å². The van der Waals surface area contributed by atoms with Crippen molar-refractivity contribution in [2.75, 3.05) is 13.1 Å². The van der Waals surface area contributed by atoms with Gasteiger partial charge in [0.2, 0.25) is 0 Å². The maximum Gasteiger partial charge on any atom is 0.320 e. The van der Waals surface area contributed by atoms with Crippen LogP contribution in [0.1, 0.15) is 24.8 Å². The number of carbonyl (C=O) groups is 1. The minimum absolute atomic E-state index is 0.270. The SMILES string of the molecule is O=C(O)C(CCc1cc(Br)ccc1F)N1CCCC1. The summed E-state index contributed by atoms with van der Waals surface area (Å²) in [6.07, 6.45) is 2.99. The summed E-state index contributed by atoms with van der Waals surface area (Å²) in [6, 6.07) is 4.28. The zero-order valence-electron chi connectivity index (χ0n) is 10.6. The zero-order chi connectivity index (χ0) is 13.8. The molecule has 2 rings (SSSR count). The zero-order valence-corrected chi connectivity index (χ0v) is 12.2. The van der Waals surface area contributed by atoms with E-state index in [4.69, 9.17) is 0 Å². The largest absolute Gasteiger partial charge is 0.480 e. The van der Waals surface area contributed by atoms with E-state index in [1.54, 1.807) is 12.1 Å². The molecule has 1 atom stereocenters. The van der Waals surface area contributed by atoms with Crippen molar-refractivity contribution in [3.8, 4) is 0 Å². The molecule has 5 heteroatoms. The molecule has 1 fully saturated rings. The maximum absolute atomic E-state index is 13.6. The van der Waals surface area contributed by atoms with Crippen molar-refractivity contribution in [3.05, 3.63) is 34.1 Å². The molecule has 1 aromatic rings. The van der Waals surface area contributed by atoms with E-state index >= 15 is 0 Å². The van der Waals surface area contributed by atoms with E-state index in [2.05, 4.69) is 15.9 Å². The Morgan fingerprint density at radius 3 is 2.74 bits per heavy atom. The normalized spacial score (nSPS) is 17.6. The van der Waals surface area contributed by atoms with E-state index in [9.17, 15) is 14.3 Å². The first-order chi connectivity index (χ1) is 9.08. The summed E-state index contributed by atoms with van der Waals surface area (Å²) in [5, 5.41) is 9.29. The van der Waals surface area contributed by atoms with E-state index in [-0.39, 0.29) is 5.82 Å². The Balaban J connectivity index is 2.02. The molecule has 0 saturated carbocycles. The third-order valence-corrected chi connectivity index (χ3v) is 4.05. The van der Waals surface area contributed by atoms with E-state index in [1.165, 1.54) is 6.07 Å². The lowest BCUT2D eigenvalue weighted by atomic mass is 10.0. The van der Waals surface area contributed by atoms with Crippen molar-refractivity contribution in [1.82, 2.24) is 4.90 Å². The van der Waals surface area contributed by atoms with Crippen molar-refractivity contribution < 1.29 is 14.3 Å². The number of hydrogen-bond donors (Lipinski definition) is 1. The van der Waals surface area contributed by atoms with Gasteiger partial charge in [-0.1, -0.05) is 15.9 Å². The first-order valence-corrected chi connectivity index (χ1v) is 7.28. The van der Waals surface area contributed by atoms with E-state index in [0.29, 0.717) is 18.4 Å². The van der Waals surface area contributed by atoms with Gasteiger partial charge >= 0.3 is 5.97 Å². The summed E-state index contributed by atoms with van der Waals surface area (Å²) in [7, 11) is 0. The maximum atomic E-state index is 13.6. The van der Waals surface area contributed by atoms with Gasteiger partial charge in [-0.2, -0.15) is 0 Å². The molecule has 1 N–H and O–H groups in total. The third kappa shape index (κ3) is 3.76. The molecule has 19 heavy (non-hydrogen) atoms. The molecule has 1 saturated heterocycles. The molecule has 1 heterocycles. The Hall–Kier alpha value is -0.940. The molecule has 0 aromatic heterocycles. The van der Waals surface area contributed by atoms with Gasteiger partial charge in [-0.25, -0.2) is 4.39 Å². The second-order valence-electron chi connectivity index (χ2n) is 4.87. The van der Waals surface area contributed by atoms with Crippen LogP contribution in [0.15, 0.2) is 22.7 Å². The topological polar surface area (TPSA) is 40.5 Å². The summed E-state index contributed by atoms with van der Waals surface area (Å²) in [5.41, 5.74) is 0.569. The van der Waals surface area contributed by atoms with Crippen LogP contribution in [0.5, 0.6) is 0 Å². The number of carboxylic acids is 1. The monoisotopic (exact) mass is 329 g/mol. The lowest BCUT2D eigenvalue weighted by Crippen LogP contribution is -2.39. The van der Waals surface area contributed by atoms with Crippen molar-refractivity contribution in [2.45, 2.75) is 31.7 Å². The lowest BCUT2D eigenvalue weighted by molar-refractivity contribution is -0.143. The summed E-state index contributed by atoms with van der Waals surface area (Å²) in [4.78, 5) is 13.3. The average Bonchev–Trinajstić information content (AvgIpc) is 2.87. The molecule has 0 amide bonds. The number of aryl methyl sites for hydroxylation is 1. The molecule has 0 bridgehead atoms. The minimum atomic E-state index is -0.808. The van der Waals surface area contributed by atoms with Crippen LogP contribution < -0.4 is 0 Å². The number of carboxylic acid groups (broad SMARTS) is 1. The predicted octanol–water partition coefficient (Wildman–Crippen LogP) is 3.07. The number of aliphatic carboxylic acids is 1. The molecular weight excluding hydrogens is 313 g/mol. The average molecular weight is 330 g/mol. The number of rotatable bonds is 5. The van der Waals surface area contributed by atoms with Gasteiger partial charge in [-0.15, -0.1) is 0 Å². The fraction of sp³-hybridized carbons (Fsp3) is 0.500. The Kier molecular flexibility index (Phi) is 4.93. The summed E-state index contributed by atoms with van der Waals surface area (Å²) in [6.45, 7) is 1.66. The molecule has 0 aliphatic carbocycles. The summed E-state index contributed by atoms with van der Waals surface area (Å²) < 4.78 is 14.4. The third-order valence-electron chi connectivity index (χ3n) is 3.56. The number of halogens is 2. The molecule has 1 aromatic carbocycles. The Morgan fingerprint density at radius 1 is 1.42 bits per heavy atom. The van der Waals surface area contributed by atoms with Crippen LogP contribution >= 0.6 is 15.9 Å². The van der Waals surface area contributed by atoms with Gasteiger partial charge in [-0.3, -0.25) is 9.69 Å². The van der Waals surface area contributed by atoms with Gasteiger partial charge in [0.1, 0.15) is 11.9 Å². The van der Waals surface area contributed by atoms with Crippen LogP contribution in [-0.4, -0.2) is 35.1 Å². The van der Waals surface area contributed by atoms with Crippen molar-refractivity contribution in [2.24, 2.45) is 0 Å². The van der Waals surface area contributed by atoms with Crippen LogP contribution in [0, 0.1) is 5.82 Å². The summed E-state index contributed by atoms with van der Waals surface area (Å²) in [5.74, 6) is -1.08. The first-order valence-electron chi connectivity index (χ1n) is 6.48. The van der Waals surface area contributed by atoms with Crippen LogP contribution in [-0.2, 0) is 11.2 Å². The first kappa shape index (κ1) is 14.5. The van der Waals surface area contributed by atoms with E-state index in [1.807, 2.05) is 4.90 Å². The fourth-order valence-corrected chi connectivity index (χ4v) is 2.95. The van der Waals surface area contributed by atoms with Gasteiger partial charge in [0.25, 0.3) is 0 Å². The molecular formula is C14H17BrFNO2. The Labute approximate surface area is 120 Å². The second kappa shape index (κ2) is 6.48. The molecule has 1 aliphatic heterocycles. The molecule has 104 valence electrons. The standard InChI is InChI=1S/C14H17BrFNO2/c15-11-4-5-12(16)10(9-11)3-6-13(14(18)19)17-7-1-2-8-17/h4-5,9,13H,1-3,6-8H2,(H,18,19). The highest BCUT2D eigenvalue weighted by Gasteiger charge is 2.27. The molecule has 1 aliphatic rings. The molecule has 3 nitrogen and oxygen atoms in total. The summed E-state index contributed by atoms with van der Waals surface area (Å²) >= 11 is 3.31. The fourth-order valence-electron chi connectivity index (χ4n) is 2.54. The van der Waals surface area contributed by atoms with Crippen LogP contribution in [0.25, 0.3) is 0 Å². The van der Waals surface area contributed by atoms with E-state index in [0.717, 1.165) is 30.4 Å². The van der Waals surface area contributed by atoms with Gasteiger partial charge in [0, 0.05) is 4.47 Å². The number of benzene rings is 1. The molecule has 0 spiro atoms. The number of hydrogen-bond acceptors (Lipinski definition) is 2. The molecule has 0 radical (unpaired) electrons. The Bertz CT molecular complexity index is 461. The predicted molar refractivity (Wildman–Crippen MR) is 74.7 cm³/mol. The van der Waals surface area contributed by atoms with Crippen LogP contribution in [0.3, 0.4) is 0 Å². The van der Waals surface area contributed by atoms with Crippen LogP contribution in [0.2, 0.25) is 0 Å².